The van der Waals surface area contributed by atoms with Crippen LogP contribution in [-0.2, 0) is 16.7 Å². The van der Waals surface area contributed by atoms with Gasteiger partial charge in [-0.15, -0.1) is 0 Å². The second kappa shape index (κ2) is 10.9. The lowest BCUT2D eigenvalue weighted by atomic mass is 9.89. The molecule has 0 amide bonds. The average Bonchev–Trinajstić information content (AvgIpc) is 2.88. The van der Waals surface area contributed by atoms with Gasteiger partial charge in [0.2, 0.25) is 0 Å². The van der Waals surface area contributed by atoms with Crippen molar-refractivity contribution in [2.75, 3.05) is 11.4 Å². The SMILES string of the molecule is CCC1=CC(=C(c2ccccc2)c2ccc(N(CC)Cc3cccc(S(=O)(=O)O)c3)cc2)C=CC1. The number of nitrogens with zero attached hydrogens (tertiary/aromatic N) is 1. The maximum absolute atomic E-state index is 11.5. The molecule has 1 N–H and O–H groups in total. The molecule has 0 unspecified atom stereocenters. The van der Waals surface area contributed by atoms with Gasteiger partial charge < -0.3 is 4.90 Å². The number of benzene rings is 3. The molecular weight excluding hydrogens is 454 g/mol. The minimum absolute atomic E-state index is 0.0828. The summed E-state index contributed by atoms with van der Waals surface area (Å²) < 4.78 is 32.4. The van der Waals surface area contributed by atoms with Crippen LogP contribution in [0.2, 0.25) is 0 Å². The van der Waals surface area contributed by atoms with E-state index >= 15 is 0 Å². The minimum Gasteiger partial charge on any atom is -0.367 e. The summed E-state index contributed by atoms with van der Waals surface area (Å²) in [5, 5.41) is 0. The monoisotopic (exact) mass is 485 g/mol. The van der Waals surface area contributed by atoms with Crippen LogP contribution in [-0.4, -0.2) is 19.5 Å². The Balaban J connectivity index is 1.67. The molecule has 35 heavy (non-hydrogen) atoms. The van der Waals surface area contributed by atoms with E-state index in [0.29, 0.717) is 6.54 Å². The highest BCUT2D eigenvalue weighted by Gasteiger charge is 2.14. The van der Waals surface area contributed by atoms with Gasteiger partial charge in [-0.1, -0.05) is 85.3 Å². The Morgan fingerprint density at radius 2 is 1.63 bits per heavy atom. The van der Waals surface area contributed by atoms with Crippen LogP contribution in [0.1, 0.15) is 43.4 Å². The van der Waals surface area contributed by atoms with Crippen molar-refractivity contribution >= 4 is 21.4 Å². The molecule has 1 aliphatic carbocycles. The van der Waals surface area contributed by atoms with E-state index in [0.717, 1.165) is 36.2 Å². The lowest BCUT2D eigenvalue weighted by Gasteiger charge is -2.24. The Kier molecular flexibility index (Phi) is 7.69. The normalized spacial score (nSPS) is 15.0. The molecule has 3 aromatic carbocycles. The van der Waals surface area contributed by atoms with Crippen LogP contribution in [0.15, 0.2) is 113 Å². The topological polar surface area (TPSA) is 57.6 Å². The van der Waals surface area contributed by atoms with Crippen molar-refractivity contribution in [2.45, 2.75) is 38.1 Å². The van der Waals surface area contributed by atoms with Crippen molar-refractivity contribution in [1.82, 2.24) is 0 Å². The first kappa shape index (κ1) is 24.7. The van der Waals surface area contributed by atoms with E-state index in [1.165, 1.54) is 34.4 Å². The zero-order chi connectivity index (χ0) is 24.8. The molecule has 0 heterocycles. The van der Waals surface area contributed by atoms with Gasteiger partial charge in [-0.2, -0.15) is 8.42 Å². The molecule has 180 valence electrons. The number of allylic oxidation sites excluding steroid dienone is 5. The molecule has 0 saturated heterocycles. The zero-order valence-corrected chi connectivity index (χ0v) is 21.0. The Hall–Kier alpha value is -3.41. The second-order valence-electron chi connectivity index (χ2n) is 8.64. The van der Waals surface area contributed by atoms with Crippen LogP contribution in [0, 0.1) is 0 Å². The van der Waals surface area contributed by atoms with Gasteiger partial charge in [-0.25, -0.2) is 0 Å². The highest BCUT2D eigenvalue weighted by Crippen LogP contribution is 2.33. The van der Waals surface area contributed by atoms with Crippen molar-refractivity contribution < 1.29 is 13.0 Å². The van der Waals surface area contributed by atoms with Gasteiger partial charge in [-0.05, 0) is 71.9 Å². The van der Waals surface area contributed by atoms with Crippen LogP contribution in [0.4, 0.5) is 5.69 Å². The third-order valence-corrected chi connectivity index (χ3v) is 7.16. The molecule has 0 radical (unpaired) electrons. The van der Waals surface area contributed by atoms with Gasteiger partial charge in [0.25, 0.3) is 10.1 Å². The summed E-state index contributed by atoms with van der Waals surface area (Å²) in [5.74, 6) is 0. The summed E-state index contributed by atoms with van der Waals surface area (Å²) in [7, 11) is -4.22. The first-order valence-electron chi connectivity index (χ1n) is 12.0. The predicted octanol–water partition coefficient (Wildman–Crippen LogP) is 7.06. The number of anilines is 1. The largest absolute Gasteiger partial charge is 0.367 e. The second-order valence-corrected chi connectivity index (χ2v) is 10.1. The number of hydrogen-bond donors (Lipinski definition) is 1. The van der Waals surface area contributed by atoms with E-state index in [4.69, 9.17) is 0 Å². The van der Waals surface area contributed by atoms with Crippen molar-refractivity contribution in [2.24, 2.45) is 0 Å². The molecule has 4 rings (SSSR count). The van der Waals surface area contributed by atoms with Gasteiger partial charge in [-0.3, -0.25) is 4.55 Å². The molecule has 4 nitrogen and oxygen atoms in total. The molecule has 5 heteroatoms. The maximum Gasteiger partial charge on any atom is 0.294 e. The average molecular weight is 486 g/mol. The van der Waals surface area contributed by atoms with E-state index < -0.39 is 10.1 Å². The molecule has 3 aromatic rings. The summed E-state index contributed by atoms with van der Waals surface area (Å²) in [4.78, 5) is 2.10. The summed E-state index contributed by atoms with van der Waals surface area (Å²) in [6, 6.07) is 25.5. The fraction of sp³-hybridized carbons (Fsp3) is 0.200. The number of hydrogen-bond acceptors (Lipinski definition) is 3. The van der Waals surface area contributed by atoms with Crippen LogP contribution < -0.4 is 4.90 Å². The first-order chi connectivity index (χ1) is 16.9. The molecule has 1 aliphatic rings. The Morgan fingerprint density at radius 1 is 0.914 bits per heavy atom. The van der Waals surface area contributed by atoms with Crippen LogP contribution >= 0.6 is 0 Å². The van der Waals surface area contributed by atoms with Crippen LogP contribution in [0.25, 0.3) is 5.57 Å². The zero-order valence-electron chi connectivity index (χ0n) is 20.2. The fourth-order valence-electron chi connectivity index (χ4n) is 4.42. The Labute approximate surface area is 208 Å². The minimum atomic E-state index is -4.22. The van der Waals surface area contributed by atoms with Gasteiger partial charge in [0, 0.05) is 18.8 Å². The third-order valence-electron chi connectivity index (χ3n) is 6.31. The molecule has 0 saturated carbocycles. The van der Waals surface area contributed by atoms with E-state index in [-0.39, 0.29) is 4.90 Å². The van der Waals surface area contributed by atoms with Crippen molar-refractivity contribution in [3.63, 3.8) is 0 Å². The van der Waals surface area contributed by atoms with Crippen LogP contribution in [0.5, 0.6) is 0 Å². The molecule has 0 spiro atoms. The van der Waals surface area contributed by atoms with E-state index in [1.54, 1.807) is 6.07 Å². The van der Waals surface area contributed by atoms with Gasteiger partial charge in [0.15, 0.2) is 0 Å². The van der Waals surface area contributed by atoms with E-state index in [2.05, 4.69) is 85.5 Å². The van der Waals surface area contributed by atoms with E-state index in [1.807, 2.05) is 12.1 Å². The Bertz CT molecular complexity index is 1370. The van der Waals surface area contributed by atoms with Gasteiger partial charge in [0.05, 0.1) is 4.90 Å². The summed E-state index contributed by atoms with van der Waals surface area (Å²) in [5.41, 5.74) is 8.07. The maximum atomic E-state index is 11.5. The first-order valence-corrected chi connectivity index (χ1v) is 13.4. The highest BCUT2D eigenvalue weighted by molar-refractivity contribution is 7.85. The molecule has 0 aromatic heterocycles. The molecule has 0 atom stereocenters. The molecule has 0 bridgehead atoms. The molecular formula is C30H31NO3S. The quantitative estimate of drug-likeness (QED) is 0.347. The third kappa shape index (κ3) is 5.99. The molecule has 0 fully saturated rings. The molecule has 0 aliphatic heterocycles. The van der Waals surface area contributed by atoms with Gasteiger partial charge >= 0.3 is 0 Å². The lowest BCUT2D eigenvalue weighted by Crippen LogP contribution is -2.22. The lowest BCUT2D eigenvalue weighted by molar-refractivity contribution is 0.483. The summed E-state index contributed by atoms with van der Waals surface area (Å²) >= 11 is 0. The van der Waals surface area contributed by atoms with Gasteiger partial charge in [0.1, 0.15) is 0 Å². The smallest absolute Gasteiger partial charge is 0.294 e. The fourth-order valence-corrected chi connectivity index (χ4v) is 4.97. The van der Waals surface area contributed by atoms with Crippen molar-refractivity contribution in [1.29, 1.82) is 0 Å². The summed E-state index contributed by atoms with van der Waals surface area (Å²) in [6.45, 7) is 5.57. The van der Waals surface area contributed by atoms with Crippen molar-refractivity contribution in [3.8, 4) is 0 Å². The predicted molar refractivity (Wildman–Crippen MR) is 144 cm³/mol. The summed E-state index contributed by atoms with van der Waals surface area (Å²) in [6.07, 6.45) is 8.82. The number of rotatable bonds is 8. The van der Waals surface area contributed by atoms with Crippen LogP contribution in [0.3, 0.4) is 0 Å². The Morgan fingerprint density at radius 3 is 2.29 bits per heavy atom. The standard InChI is InChI=1S/C30H31NO3S/c1-3-23-10-8-14-27(20-23)30(25-12-6-5-7-13-25)26-16-18-28(19-17-26)31(4-2)22-24-11-9-15-29(21-24)35(32,33)34/h5-9,11-21H,3-4,10,22H2,1-2H3,(H,32,33,34). The van der Waals surface area contributed by atoms with E-state index in [9.17, 15) is 13.0 Å². The van der Waals surface area contributed by atoms with Crippen molar-refractivity contribution in [3.05, 3.63) is 125 Å². The highest BCUT2D eigenvalue weighted by atomic mass is 32.2.